The predicted octanol–water partition coefficient (Wildman–Crippen LogP) is 2.33. The lowest BCUT2D eigenvalue weighted by Gasteiger charge is -2.28. The molecule has 1 atom stereocenters. The minimum absolute atomic E-state index is 0.0802. The molecule has 0 bridgehead atoms. The van der Waals surface area contributed by atoms with Gasteiger partial charge in [0.25, 0.3) is 0 Å². The van der Waals surface area contributed by atoms with Crippen LogP contribution in [0.15, 0.2) is 0 Å². The zero-order valence-electron chi connectivity index (χ0n) is 10.5. The third-order valence-electron chi connectivity index (χ3n) is 3.40. The molecular weight excluding hydrogens is 202 g/mol. The lowest BCUT2D eigenvalue weighted by molar-refractivity contribution is -0.134. The first-order chi connectivity index (χ1) is 7.79. The molecule has 1 amide bonds. The lowest BCUT2D eigenvalue weighted by Crippen LogP contribution is -2.41. The first-order valence-electron chi connectivity index (χ1n) is 6.70. The Balaban J connectivity index is 2.42. The van der Waals surface area contributed by atoms with Gasteiger partial charge in [-0.3, -0.25) is 4.79 Å². The van der Waals surface area contributed by atoms with Crippen LogP contribution in [0.3, 0.4) is 0 Å². The van der Waals surface area contributed by atoms with E-state index < -0.39 is 0 Å². The highest BCUT2D eigenvalue weighted by Gasteiger charge is 2.23. The van der Waals surface area contributed by atoms with Crippen LogP contribution in [-0.2, 0) is 4.79 Å². The Labute approximate surface area is 98.8 Å². The van der Waals surface area contributed by atoms with Crippen molar-refractivity contribution in [2.24, 2.45) is 0 Å². The third-order valence-corrected chi connectivity index (χ3v) is 3.40. The summed E-state index contributed by atoms with van der Waals surface area (Å²) >= 11 is 0. The van der Waals surface area contributed by atoms with E-state index in [2.05, 4.69) is 6.92 Å². The van der Waals surface area contributed by atoms with Crippen molar-refractivity contribution in [2.45, 2.75) is 64.3 Å². The maximum absolute atomic E-state index is 12.0. The number of hydrogen-bond donors (Lipinski definition) is 1. The van der Waals surface area contributed by atoms with Crippen molar-refractivity contribution in [3.8, 4) is 0 Å². The average Bonchev–Trinajstić information content (AvgIpc) is 2.54. The first-order valence-corrected chi connectivity index (χ1v) is 6.70. The molecule has 94 valence electrons. The van der Waals surface area contributed by atoms with E-state index in [1.807, 2.05) is 4.90 Å². The number of carbonyl (C=O) groups excluding carboxylic acids is 1. The van der Waals surface area contributed by atoms with Crippen LogP contribution in [0.25, 0.3) is 0 Å². The number of rotatable bonds is 5. The number of unbranched alkanes of at least 4 members (excludes halogenated alkanes) is 2. The quantitative estimate of drug-likeness (QED) is 0.732. The fourth-order valence-corrected chi connectivity index (χ4v) is 2.37. The van der Waals surface area contributed by atoms with E-state index in [4.69, 9.17) is 0 Å². The van der Waals surface area contributed by atoms with Gasteiger partial charge >= 0.3 is 0 Å². The summed E-state index contributed by atoms with van der Waals surface area (Å²) in [4.78, 5) is 13.9. The molecule has 1 unspecified atom stereocenters. The Kier molecular flexibility index (Phi) is 6.46. The molecule has 0 aromatic heterocycles. The highest BCUT2D eigenvalue weighted by molar-refractivity contribution is 5.76. The molecule has 1 heterocycles. The van der Waals surface area contributed by atoms with Gasteiger partial charge in [-0.1, -0.05) is 32.6 Å². The second-order valence-electron chi connectivity index (χ2n) is 4.73. The number of amides is 1. The molecule has 3 heteroatoms. The highest BCUT2D eigenvalue weighted by Crippen LogP contribution is 2.18. The maximum atomic E-state index is 12.0. The van der Waals surface area contributed by atoms with E-state index in [1.165, 1.54) is 6.42 Å². The van der Waals surface area contributed by atoms with Gasteiger partial charge in [-0.15, -0.1) is 0 Å². The van der Waals surface area contributed by atoms with Gasteiger partial charge in [0.2, 0.25) is 5.91 Å². The number of carbonyl (C=O) groups is 1. The molecule has 1 fully saturated rings. The van der Waals surface area contributed by atoms with Gasteiger partial charge in [-0.25, -0.2) is 0 Å². The van der Waals surface area contributed by atoms with Crippen LogP contribution in [0.2, 0.25) is 0 Å². The monoisotopic (exact) mass is 227 g/mol. The van der Waals surface area contributed by atoms with Crippen LogP contribution in [-0.4, -0.2) is 35.1 Å². The van der Waals surface area contributed by atoms with Crippen LogP contribution < -0.4 is 0 Å². The molecule has 16 heavy (non-hydrogen) atoms. The first kappa shape index (κ1) is 13.5. The van der Waals surface area contributed by atoms with Gasteiger partial charge in [-0.05, 0) is 19.3 Å². The Morgan fingerprint density at radius 3 is 2.81 bits per heavy atom. The van der Waals surface area contributed by atoms with E-state index >= 15 is 0 Å². The fraction of sp³-hybridized carbons (Fsp3) is 0.923. The van der Waals surface area contributed by atoms with Gasteiger partial charge in [0.15, 0.2) is 0 Å². The van der Waals surface area contributed by atoms with Crippen molar-refractivity contribution in [3.05, 3.63) is 0 Å². The SMILES string of the molecule is CCCCCC(=O)N1CCCCCC1CO. The summed E-state index contributed by atoms with van der Waals surface area (Å²) in [6.07, 6.45) is 8.32. The van der Waals surface area contributed by atoms with Crippen molar-refractivity contribution in [1.82, 2.24) is 4.90 Å². The van der Waals surface area contributed by atoms with Gasteiger partial charge in [0, 0.05) is 13.0 Å². The average molecular weight is 227 g/mol. The Morgan fingerprint density at radius 1 is 1.31 bits per heavy atom. The molecule has 0 aliphatic carbocycles. The highest BCUT2D eigenvalue weighted by atomic mass is 16.3. The third kappa shape index (κ3) is 4.12. The van der Waals surface area contributed by atoms with Gasteiger partial charge in [0.05, 0.1) is 12.6 Å². The molecule has 0 spiro atoms. The summed E-state index contributed by atoms with van der Waals surface area (Å²) in [5.74, 6) is 0.245. The van der Waals surface area contributed by atoms with Gasteiger partial charge in [-0.2, -0.15) is 0 Å². The van der Waals surface area contributed by atoms with E-state index in [9.17, 15) is 9.90 Å². The second-order valence-corrected chi connectivity index (χ2v) is 4.73. The van der Waals surface area contributed by atoms with Crippen molar-refractivity contribution < 1.29 is 9.90 Å². The van der Waals surface area contributed by atoms with Crippen molar-refractivity contribution in [1.29, 1.82) is 0 Å². The normalized spacial score (nSPS) is 21.9. The summed E-state index contributed by atoms with van der Waals surface area (Å²) in [6, 6.07) is 0.0802. The summed E-state index contributed by atoms with van der Waals surface area (Å²) in [7, 11) is 0. The van der Waals surface area contributed by atoms with Crippen LogP contribution in [0.1, 0.15) is 58.3 Å². The number of nitrogens with zero attached hydrogens (tertiary/aromatic N) is 1. The molecule has 1 saturated heterocycles. The molecule has 0 radical (unpaired) electrons. The van der Waals surface area contributed by atoms with E-state index in [-0.39, 0.29) is 18.6 Å². The molecule has 1 rings (SSSR count). The minimum Gasteiger partial charge on any atom is -0.394 e. The smallest absolute Gasteiger partial charge is 0.222 e. The van der Waals surface area contributed by atoms with E-state index in [0.29, 0.717) is 6.42 Å². The number of hydrogen-bond acceptors (Lipinski definition) is 2. The molecule has 1 N–H and O–H groups in total. The maximum Gasteiger partial charge on any atom is 0.222 e. The molecular formula is C13H25NO2. The van der Waals surface area contributed by atoms with Crippen molar-refractivity contribution in [2.75, 3.05) is 13.2 Å². The molecule has 1 aliphatic heterocycles. The summed E-state index contributed by atoms with van der Waals surface area (Å²) in [5, 5.41) is 9.31. The molecule has 1 aliphatic rings. The number of aliphatic hydroxyl groups is 1. The number of aliphatic hydroxyl groups excluding tert-OH is 1. The van der Waals surface area contributed by atoms with Crippen LogP contribution in [0.4, 0.5) is 0 Å². The summed E-state index contributed by atoms with van der Waals surface area (Å²) < 4.78 is 0. The zero-order chi connectivity index (χ0) is 11.8. The van der Waals surface area contributed by atoms with E-state index in [1.54, 1.807) is 0 Å². The zero-order valence-corrected chi connectivity index (χ0v) is 10.5. The minimum atomic E-state index is 0.0802. The number of likely N-dealkylation sites (tertiary alicyclic amines) is 1. The molecule has 3 nitrogen and oxygen atoms in total. The van der Waals surface area contributed by atoms with Crippen molar-refractivity contribution in [3.63, 3.8) is 0 Å². The summed E-state index contributed by atoms with van der Waals surface area (Å²) in [5.41, 5.74) is 0. The van der Waals surface area contributed by atoms with Crippen molar-refractivity contribution >= 4 is 5.91 Å². The van der Waals surface area contributed by atoms with Crippen LogP contribution >= 0.6 is 0 Å². The van der Waals surface area contributed by atoms with Gasteiger partial charge in [0.1, 0.15) is 0 Å². The molecule has 0 aromatic rings. The lowest BCUT2D eigenvalue weighted by atomic mass is 10.1. The standard InChI is InChI=1S/C13H25NO2/c1-2-3-5-9-13(16)14-10-7-4-6-8-12(14)11-15/h12,15H,2-11H2,1H3. The van der Waals surface area contributed by atoms with Gasteiger partial charge < -0.3 is 10.0 Å². The summed E-state index contributed by atoms with van der Waals surface area (Å²) in [6.45, 7) is 3.11. The second kappa shape index (κ2) is 7.66. The van der Waals surface area contributed by atoms with Crippen LogP contribution in [0, 0.1) is 0 Å². The van der Waals surface area contributed by atoms with Crippen LogP contribution in [0.5, 0.6) is 0 Å². The Bertz CT molecular complexity index is 206. The topological polar surface area (TPSA) is 40.5 Å². The fourth-order valence-electron chi connectivity index (χ4n) is 2.37. The molecule has 0 aromatic carbocycles. The molecule has 0 saturated carbocycles. The predicted molar refractivity (Wildman–Crippen MR) is 65.2 cm³/mol. The largest absolute Gasteiger partial charge is 0.394 e. The Hall–Kier alpha value is -0.570. The Morgan fingerprint density at radius 2 is 2.12 bits per heavy atom. The van der Waals surface area contributed by atoms with E-state index in [0.717, 1.165) is 45.1 Å².